The Morgan fingerprint density at radius 1 is 1.02 bits per heavy atom. The highest BCUT2D eigenvalue weighted by atomic mass is 35.5. The lowest BCUT2D eigenvalue weighted by Gasteiger charge is -2.33. The van der Waals surface area contributed by atoms with Crippen LogP contribution < -0.4 is 10.6 Å². The monoisotopic (exact) mass is 613 g/mol. The quantitative estimate of drug-likeness (QED) is 0.149. The number of carbonyl (C=O) groups is 3. The third-order valence-corrected chi connectivity index (χ3v) is 7.98. The lowest BCUT2D eigenvalue weighted by Crippen LogP contribution is -2.52. The number of rotatable bonds is 12. The molecule has 0 saturated heterocycles. The number of aromatic nitrogens is 2. The first-order chi connectivity index (χ1) is 21.3. The zero-order chi connectivity index (χ0) is 31.2. The molecule has 1 aliphatic rings. The van der Waals surface area contributed by atoms with Crippen molar-refractivity contribution >= 4 is 35.0 Å². The summed E-state index contributed by atoms with van der Waals surface area (Å²) in [5, 5.41) is 23.9. The molecule has 1 heterocycles. The molecule has 1 aliphatic carbocycles. The van der Waals surface area contributed by atoms with Gasteiger partial charge in [0.25, 0.3) is 0 Å². The summed E-state index contributed by atoms with van der Waals surface area (Å²) in [4.78, 5) is 42.0. The highest BCUT2D eigenvalue weighted by Gasteiger charge is 2.37. The number of carbonyl (C=O) groups excluding carboxylic acids is 3. The molecule has 3 amide bonds. The van der Waals surface area contributed by atoms with E-state index in [4.69, 9.17) is 11.6 Å². The number of nitrogens with zero attached hydrogens (tertiary/aromatic N) is 2. The van der Waals surface area contributed by atoms with E-state index >= 15 is 0 Å². The zero-order valence-electron chi connectivity index (χ0n) is 24.7. The van der Waals surface area contributed by atoms with Crippen LogP contribution in [0.4, 0.5) is 5.69 Å². The fourth-order valence-electron chi connectivity index (χ4n) is 5.28. The minimum atomic E-state index is -0.875. The van der Waals surface area contributed by atoms with Crippen molar-refractivity contribution in [1.82, 2.24) is 20.4 Å². The molecule has 1 saturated carbocycles. The fourth-order valence-corrected chi connectivity index (χ4v) is 5.46. The second-order valence-electron chi connectivity index (χ2n) is 11.0. The van der Waals surface area contributed by atoms with Crippen molar-refractivity contribution in [2.75, 3.05) is 11.9 Å². The fraction of sp³-hybridized carbons (Fsp3) is 0.294. The summed E-state index contributed by atoms with van der Waals surface area (Å²) >= 11 is 6.15. The van der Waals surface area contributed by atoms with E-state index in [9.17, 15) is 19.5 Å². The molecule has 5 rings (SSSR count). The first kappa shape index (κ1) is 30.8. The molecule has 0 aliphatic heterocycles. The second kappa shape index (κ2) is 13.8. The average molecular weight is 614 g/mol. The average Bonchev–Trinajstić information content (AvgIpc) is 3.78. The largest absolute Gasteiger partial charge is 0.507 e. The SMILES string of the molecule is CCCN(C(=O)[C@H](NC(=O)C1CC1)c1ccccc1)[C@@H](CC)C(=O)Nc1ccc(-c2c[nH]nc2-c2cc(Cl)ccc2O)cc1. The number of phenolic OH excluding ortho intramolecular Hbond substituents is 1. The molecule has 3 aromatic carbocycles. The summed E-state index contributed by atoms with van der Waals surface area (Å²) in [7, 11) is 0. The molecule has 2 atom stereocenters. The van der Waals surface area contributed by atoms with Crippen molar-refractivity contribution in [3.8, 4) is 28.1 Å². The number of aromatic hydroxyl groups is 1. The third-order valence-electron chi connectivity index (χ3n) is 7.75. The normalized spacial score (nSPS) is 14.0. The molecular formula is C34H36ClN5O4. The third kappa shape index (κ3) is 6.94. The number of aromatic amines is 1. The molecular weight excluding hydrogens is 578 g/mol. The molecule has 44 heavy (non-hydrogen) atoms. The molecule has 1 aromatic heterocycles. The maximum Gasteiger partial charge on any atom is 0.250 e. The van der Waals surface area contributed by atoms with E-state index in [2.05, 4.69) is 20.8 Å². The molecule has 0 spiro atoms. The van der Waals surface area contributed by atoms with E-state index in [1.807, 2.05) is 56.3 Å². The molecule has 0 bridgehead atoms. The minimum absolute atomic E-state index is 0.0591. The molecule has 4 N–H and O–H groups in total. The number of halogens is 1. The van der Waals surface area contributed by atoms with E-state index in [0.29, 0.717) is 46.9 Å². The summed E-state index contributed by atoms with van der Waals surface area (Å²) < 4.78 is 0. The molecule has 0 radical (unpaired) electrons. The van der Waals surface area contributed by atoms with Gasteiger partial charge in [0, 0.05) is 40.5 Å². The Labute approximate surface area is 261 Å². The number of benzene rings is 3. The van der Waals surface area contributed by atoms with E-state index in [1.165, 1.54) is 6.07 Å². The Balaban J connectivity index is 1.34. The van der Waals surface area contributed by atoms with Gasteiger partial charge in [-0.2, -0.15) is 5.10 Å². The Hall–Kier alpha value is -4.63. The molecule has 228 valence electrons. The van der Waals surface area contributed by atoms with Gasteiger partial charge in [-0.1, -0.05) is 67.9 Å². The maximum absolute atomic E-state index is 14.0. The Morgan fingerprint density at radius 2 is 1.75 bits per heavy atom. The number of hydrogen-bond donors (Lipinski definition) is 4. The predicted molar refractivity (Wildman–Crippen MR) is 171 cm³/mol. The molecule has 0 unspecified atom stereocenters. The van der Waals surface area contributed by atoms with E-state index in [1.54, 1.807) is 35.4 Å². The van der Waals surface area contributed by atoms with Gasteiger partial charge in [-0.05, 0) is 67.1 Å². The second-order valence-corrected chi connectivity index (χ2v) is 11.4. The minimum Gasteiger partial charge on any atom is -0.507 e. The van der Waals surface area contributed by atoms with Gasteiger partial charge in [0.05, 0.1) is 0 Å². The summed E-state index contributed by atoms with van der Waals surface area (Å²) in [6.07, 6.45) is 4.43. The smallest absolute Gasteiger partial charge is 0.250 e. The van der Waals surface area contributed by atoms with Crippen LogP contribution in [0.15, 0.2) is 79.0 Å². The Bertz CT molecular complexity index is 1620. The van der Waals surface area contributed by atoms with Crippen molar-refractivity contribution in [3.63, 3.8) is 0 Å². The van der Waals surface area contributed by atoms with Gasteiger partial charge in [0.15, 0.2) is 0 Å². The maximum atomic E-state index is 14.0. The van der Waals surface area contributed by atoms with Gasteiger partial charge in [-0.3, -0.25) is 19.5 Å². The highest BCUT2D eigenvalue weighted by Crippen LogP contribution is 2.37. The number of amides is 3. The standard InChI is InChI=1S/C34H36ClN5O4/c1-3-18-40(34(44)30(22-8-6-5-7-9-22)38-32(42)23-10-11-23)28(4-2)33(43)37-25-15-12-21(13-16-25)27-20-36-39-31(27)26-19-24(35)14-17-29(26)41/h5-9,12-17,19-20,23,28,30,41H,3-4,10-11,18H2,1-2H3,(H,36,39)(H,37,43)(H,38,42)/t28-,30+/m0/s1. The van der Waals surface area contributed by atoms with Crippen LogP contribution in [0.3, 0.4) is 0 Å². The van der Waals surface area contributed by atoms with Gasteiger partial charge in [0.2, 0.25) is 17.7 Å². The molecule has 4 aromatic rings. The number of nitrogens with one attached hydrogen (secondary N) is 3. The van der Waals surface area contributed by atoms with Crippen LogP contribution in [0.1, 0.15) is 51.1 Å². The first-order valence-corrected chi connectivity index (χ1v) is 15.3. The van der Waals surface area contributed by atoms with Crippen LogP contribution in [0.5, 0.6) is 5.75 Å². The number of hydrogen-bond acceptors (Lipinski definition) is 5. The zero-order valence-corrected chi connectivity index (χ0v) is 25.5. The summed E-state index contributed by atoms with van der Waals surface area (Å²) in [5.74, 6) is -0.745. The number of phenols is 1. The van der Waals surface area contributed by atoms with E-state index in [-0.39, 0.29) is 29.4 Å². The van der Waals surface area contributed by atoms with Gasteiger partial charge in [-0.15, -0.1) is 0 Å². The summed E-state index contributed by atoms with van der Waals surface area (Å²) in [5.41, 5.74) is 3.87. The molecule has 1 fully saturated rings. The number of anilines is 1. The van der Waals surface area contributed by atoms with Crippen LogP contribution in [-0.2, 0) is 14.4 Å². The van der Waals surface area contributed by atoms with Crippen LogP contribution in [-0.4, -0.2) is 50.5 Å². The van der Waals surface area contributed by atoms with E-state index in [0.717, 1.165) is 24.0 Å². The van der Waals surface area contributed by atoms with Gasteiger partial charge >= 0.3 is 0 Å². The van der Waals surface area contributed by atoms with Crippen LogP contribution in [0.2, 0.25) is 5.02 Å². The lowest BCUT2D eigenvalue weighted by molar-refractivity contribution is -0.142. The van der Waals surface area contributed by atoms with Crippen molar-refractivity contribution in [2.24, 2.45) is 5.92 Å². The summed E-state index contributed by atoms with van der Waals surface area (Å²) in [6.45, 7) is 4.19. The Kier molecular flexibility index (Phi) is 9.65. The van der Waals surface area contributed by atoms with Gasteiger partial charge in [0.1, 0.15) is 23.5 Å². The number of H-pyrrole nitrogens is 1. The topological polar surface area (TPSA) is 127 Å². The molecule has 9 nitrogen and oxygen atoms in total. The van der Waals surface area contributed by atoms with Crippen LogP contribution >= 0.6 is 11.6 Å². The van der Waals surface area contributed by atoms with Crippen molar-refractivity contribution in [3.05, 3.63) is 89.6 Å². The molecule has 10 heteroatoms. The lowest BCUT2D eigenvalue weighted by atomic mass is 10.0. The van der Waals surface area contributed by atoms with Crippen LogP contribution in [0.25, 0.3) is 22.4 Å². The highest BCUT2D eigenvalue weighted by molar-refractivity contribution is 6.31. The first-order valence-electron chi connectivity index (χ1n) is 14.9. The van der Waals surface area contributed by atoms with E-state index < -0.39 is 12.1 Å². The van der Waals surface area contributed by atoms with Crippen molar-refractivity contribution < 1.29 is 19.5 Å². The summed E-state index contributed by atoms with van der Waals surface area (Å²) in [6, 6.07) is 19.6. The predicted octanol–water partition coefficient (Wildman–Crippen LogP) is 6.33. The Morgan fingerprint density at radius 3 is 2.41 bits per heavy atom. The van der Waals surface area contributed by atoms with Crippen LogP contribution in [0, 0.1) is 5.92 Å². The van der Waals surface area contributed by atoms with Crippen molar-refractivity contribution in [2.45, 2.75) is 51.6 Å². The van der Waals surface area contributed by atoms with Gasteiger partial charge < -0.3 is 20.6 Å². The van der Waals surface area contributed by atoms with Crippen molar-refractivity contribution in [1.29, 1.82) is 0 Å². The van der Waals surface area contributed by atoms with Gasteiger partial charge in [-0.25, -0.2) is 0 Å².